The first-order chi connectivity index (χ1) is 19.4. The van der Waals surface area contributed by atoms with Crippen molar-refractivity contribution in [2.75, 3.05) is 25.6 Å². The second-order valence-corrected chi connectivity index (χ2v) is 17.6. The van der Waals surface area contributed by atoms with E-state index < -0.39 is 56.5 Å². The van der Waals surface area contributed by atoms with Gasteiger partial charge in [0.25, 0.3) is 5.91 Å². The van der Waals surface area contributed by atoms with E-state index in [9.17, 15) is 24.3 Å². The number of carbonyl (C=O) groups is 4. The zero-order chi connectivity index (χ0) is 31.9. The Balaban J connectivity index is 2.18. The van der Waals surface area contributed by atoms with E-state index in [1.807, 2.05) is 33.9 Å². The van der Waals surface area contributed by atoms with Gasteiger partial charge in [-0.15, -0.1) is 11.3 Å². The summed E-state index contributed by atoms with van der Waals surface area (Å²) in [4.78, 5) is 58.7. The second-order valence-electron chi connectivity index (χ2n) is 12.0. The predicted octanol–water partition coefficient (Wildman–Crippen LogP) is 3.32. The average molecular weight is 624 g/mol. The number of aromatic nitrogens is 2. The number of nitrogens with zero attached hydrogens (tertiary/aromatic N) is 2. The van der Waals surface area contributed by atoms with Crippen molar-refractivity contribution in [1.82, 2.24) is 20.6 Å². The number of methoxy groups -OCH3 is 1. The zero-order valence-corrected chi connectivity index (χ0v) is 27.3. The van der Waals surface area contributed by atoms with Gasteiger partial charge in [0.05, 0.1) is 20.3 Å². The molecule has 2 unspecified atom stereocenters. The van der Waals surface area contributed by atoms with Crippen LogP contribution in [0.25, 0.3) is 10.6 Å². The molecular formula is C27H41N5O8SSi. The number of anilines is 1. The van der Waals surface area contributed by atoms with Crippen LogP contribution in [0.5, 0.6) is 0 Å². The molecule has 13 nitrogen and oxygen atoms in total. The van der Waals surface area contributed by atoms with Gasteiger partial charge in [0, 0.05) is 17.1 Å². The molecule has 42 heavy (non-hydrogen) atoms. The number of pyridine rings is 1. The minimum Gasteiger partial charge on any atom is -0.467 e. The molecule has 2 rings (SSSR count). The molecule has 0 radical (unpaired) electrons. The van der Waals surface area contributed by atoms with Crippen molar-refractivity contribution >= 4 is 49.3 Å². The first-order valence-corrected chi connectivity index (χ1v) is 17.0. The van der Waals surface area contributed by atoms with Crippen LogP contribution >= 0.6 is 11.3 Å². The monoisotopic (exact) mass is 623 g/mol. The maximum Gasteiger partial charge on any atom is 0.413 e. The summed E-state index contributed by atoms with van der Waals surface area (Å²) < 4.78 is 16.0. The number of ether oxygens (including phenoxy) is 2. The molecule has 4 N–H and O–H groups in total. The highest BCUT2D eigenvalue weighted by atomic mass is 32.1. The van der Waals surface area contributed by atoms with Gasteiger partial charge in [-0.3, -0.25) is 14.9 Å². The molecule has 0 saturated heterocycles. The molecule has 0 bridgehead atoms. The fourth-order valence-electron chi connectivity index (χ4n) is 3.03. The summed E-state index contributed by atoms with van der Waals surface area (Å²) in [6, 6.07) is 0.778. The number of aliphatic hydroxyl groups is 1. The first kappa shape index (κ1) is 34.8. The van der Waals surface area contributed by atoms with Crippen LogP contribution in [0.2, 0.25) is 18.1 Å². The lowest BCUT2D eigenvalue weighted by atomic mass is 10.2. The number of thiazole rings is 1. The predicted molar refractivity (Wildman–Crippen MR) is 161 cm³/mol. The Hall–Kier alpha value is -3.40. The fraction of sp³-hybridized carbons (Fsp3) is 0.556. The van der Waals surface area contributed by atoms with Crippen molar-refractivity contribution in [2.24, 2.45) is 0 Å². The van der Waals surface area contributed by atoms with Gasteiger partial charge in [0.2, 0.25) is 5.91 Å². The molecule has 0 aliphatic carbocycles. The molecule has 0 aliphatic rings. The number of carbonyl (C=O) groups excluding carboxylic acids is 4. The lowest BCUT2D eigenvalue weighted by Crippen LogP contribution is -2.56. The average Bonchev–Trinajstić information content (AvgIpc) is 3.38. The van der Waals surface area contributed by atoms with Gasteiger partial charge in [-0.05, 0) is 51.0 Å². The Morgan fingerprint density at radius 3 is 2.24 bits per heavy atom. The van der Waals surface area contributed by atoms with Gasteiger partial charge in [0.1, 0.15) is 28.2 Å². The first-order valence-electron chi connectivity index (χ1n) is 13.2. The quantitative estimate of drug-likeness (QED) is 0.214. The van der Waals surface area contributed by atoms with Crippen LogP contribution < -0.4 is 16.0 Å². The summed E-state index contributed by atoms with van der Waals surface area (Å²) >= 11 is 1.19. The molecule has 3 amide bonds. The van der Waals surface area contributed by atoms with E-state index in [4.69, 9.17) is 9.16 Å². The lowest BCUT2D eigenvalue weighted by Gasteiger charge is -2.37. The molecule has 2 aromatic rings. The van der Waals surface area contributed by atoms with Gasteiger partial charge >= 0.3 is 12.1 Å². The number of amides is 3. The molecule has 0 aliphatic heterocycles. The normalized spacial score (nSPS) is 13.5. The van der Waals surface area contributed by atoms with Gasteiger partial charge in [-0.1, -0.05) is 20.8 Å². The number of nitrogens with one attached hydrogen (secondary N) is 3. The van der Waals surface area contributed by atoms with Gasteiger partial charge in [-0.25, -0.2) is 19.6 Å². The Bertz CT molecular complexity index is 1250. The molecule has 232 valence electrons. The fourth-order valence-corrected chi connectivity index (χ4v) is 4.84. The van der Waals surface area contributed by atoms with Crippen LogP contribution in [0, 0.1) is 0 Å². The minimum absolute atomic E-state index is 0.0581. The second kappa shape index (κ2) is 14.2. The number of hydrogen-bond donors (Lipinski definition) is 4. The van der Waals surface area contributed by atoms with Crippen LogP contribution in [0.1, 0.15) is 52.0 Å². The molecule has 0 saturated carbocycles. The van der Waals surface area contributed by atoms with Gasteiger partial charge in [-0.2, -0.15) is 0 Å². The molecule has 0 fully saturated rings. The summed E-state index contributed by atoms with van der Waals surface area (Å²) in [7, 11) is -1.18. The SMILES string of the molecule is COC(=O)C(CO)NC(=O)C(CO[Si](C)(C)C(C)(C)C)NC(=O)c1csc(-c2ccc(NC(=O)OC(C)(C)C)nc2)n1. The Kier molecular flexibility index (Phi) is 11.7. The number of rotatable bonds is 11. The summed E-state index contributed by atoms with van der Waals surface area (Å²) in [5, 5.41) is 19.0. The van der Waals surface area contributed by atoms with Crippen molar-refractivity contribution < 1.29 is 38.2 Å². The topological polar surface area (TPSA) is 178 Å². The van der Waals surface area contributed by atoms with E-state index >= 15 is 0 Å². The number of esters is 1. The summed E-state index contributed by atoms with van der Waals surface area (Å²) in [5.41, 5.74) is 0.0105. The third-order valence-electron chi connectivity index (χ3n) is 6.40. The summed E-state index contributed by atoms with van der Waals surface area (Å²) in [6.45, 7) is 14.6. The zero-order valence-electron chi connectivity index (χ0n) is 25.5. The third-order valence-corrected chi connectivity index (χ3v) is 11.8. The third kappa shape index (κ3) is 10.1. The summed E-state index contributed by atoms with van der Waals surface area (Å²) in [6.07, 6.45) is 0.863. The molecule has 0 spiro atoms. The van der Waals surface area contributed by atoms with Crippen LogP contribution in [0.15, 0.2) is 23.7 Å². The summed E-state index contributed by atoms with van der Waals surface area (Å²) in [5.74, 6) is -1.90. The van der Waals surface area contributed by atoms with Crippen LogP contribution in [-0.4, -0.2) is 85.3 Å². The largest absolute Gasteiger partial charge is 0.467 e. The standard InChI is InChI=1S/C27H41N5O8SSi/c1-26(2,3)40-25(37)32-20-11-10-16(12-28-20)23-31-19(15-41-23)22(35)30-18(14-39-42(8,9)27(4,5)6)21(34)29-17(13-33)24(36)38-7/h10-12,15,17-18,33H,13-14H2,1-9H3,(H,29,34)(H,30,35)(H,28,32,37). The van der Waals surface area contributed by atoms with E-state index in [2.05, 4.69) is 30.7 Å². The van der Waals surface area contributed by atoms with E-state index in [1.165, 1.54) is 22.9 Å². The van der Waals surface area contributed by atoms with Crippen LogP contribution in [-0.2, 0) is 23.5 Å². The highest BCUT2D eigenvalue weighted by Crippen LogP contribution is 2.36. The highest BCUT2D eigenvalue weighted by molar-refractivity contribution is 7.13. The van der Waals surface area contributed by atoms with Crippen LogP contribution in [0.3, 0.4) is 0 Å². The molecule has 2 atom stereocenters. The Morgan fingerprint density at radius 2 is 1.71 bits per heavy atom. The molecule has 15 heteroatoms. The van der Waals surface area contributed by atoms with Crippen molar-refractivity contribution in [2.45, 2.75) is 77.4 Å². The van der Waals surface area contributed by atoms with Crippen molar-refractivity contribution in [3.05, 3.63) is 29.4 Å². The lowest BCUT2D eigenvalue weighted by molar-refractivity contribution is -0.146. The van der Waals surface area contributed by atoms with Gasteiger partial charge in [0.15, 0.2) is 14.4 Å². The molecule has 0 aromatic carbocycles. The Morgan fingerprint density at radius 1 is 1.05 bits per heavy atom. The van der Waals surface area contributed by atoms with Crippen LogP contribution in [0.4, 0.5) is 10.6 Å². The van der Waals surface area contributed by atoms with E-state index in [-0.39, 0.29) is 23.2 Å². The number of aliphatic hydroxyl groups excluding tert-OH is 1. The maximum atomic E-state index is 13.2. The van der Waals surface area contributed by atoms with E-state index in [0.717, 1.165) is 7.11 Å². The number of hydrogen-bond acceptors (Lipinski definition) is 11. The maximum absolute atomic E-state index is 13.2. The molecule has 2 heterocycles. The van der Waals surface area contributed by atoms with Crippen molar-refractivity contribution in [3.63, 3.8) is 0 Å². The Labute approximate surface area is 250 Å². The van der Waals surface area contributed by atoms with Crippen molar-refractivity contribution in [1.29, 1.82) is 0 Å². The highest BCUT2D eigenvalue weighted by Gasteiger charge is 2.39. The van der Waals surface area contributed by atoms with Crippen molar-refractivity contribution in [3.8, 4) is 10.6 Å². The molecular weight excluding hydrogens is 582 g/mol. The van der Waals surface area contributed by atoms with E-state index in [0.29, 0.717) is 10.6 Å². The van der Waals surface area contributed by atoms with E-state index in [1.54, 1.807) is 32.9 Å². The van der Waals surface area contributed by atoms with Gasteiger partial charge < -0.3 is 29.6 Å². The smallest absolute Gasteiger partial charge is 0.413 e. The minimum atomic E-state index is -2.31. The molecule has 2 aromatic heterocycles.